The number of benzene rings is 1. The highest BCUT2D eigenvalue weighted by atomic mass is 19.2. The maximum Gasteiger partial charge on any atom is 0.251 e. The predicted octanol–water partition coefficient (Wildman–Crippen LogP) is 0.0852. The highest BCUT2D eigenvalue weighted by molar-refractivity contribution is 5.81. The standard InChI is InChI=1S/C10H13F2N3O/c1-14-15-10(16)9(13)5-6-2-3-7(11)8(12)4-6/h2-4,9,14H,5,13H2,1H3,(H,15,16). The molecule has 0 aliphatic rings. The van der Waals surface area contributed by atoms with Crippen LogP contribution in [0.2, 0.25) is 0 Å². The van der Waals surface area contributed by atoms with E-state index in [0.717, 1.165) is 12.1 Å². The molecule has 1 amide bonds. The topological polar surface area (TPSA) is 67.1 Å². The summed E-state index contributed by atoms with van der Waals surface area (Å²) in [6.07, 6.45) is 0.144. The Morgan fingerprint density at radius 1 is 1.44 bits per heavy atom. The average molecular weight is 229 g/mol. The maximum absolute atomic E-state index is 12.9. The summed E-state index contributed by atoms with van der Waals surface area (Å²) in [4.78, 5) is 11.2. The molecule has 6 heteroatoms. The molecule has 0 aromatic heterocycles. The molecule has 1 aromatic rings. The Morgan fingerprint density at radius 2 is 2.12 bits per heavy atom. The van der Waals surface area contributed by atoms with Crippen molar-refractivity contribution in [2.45, 2.75) is 12.5 Å². The molecule has 4 nitrogen and oxygen atoms in total. The molecular formula is C10H13F2N3O. The largest absolute Gasteiger partial charge is 0.320 e. The fraction of sp³-hybridized carbons (Fsp3) is 0.300. The van der Waals surface area contributed by atoms with Crippen molar-refractivity contribution in [1.29, 1.82) is 0 Å². The summed E-state index contributed by atoms with van der Waals surface area (Å²) in [5.41, 5.74) is 10.8. The number of halogens is 2. The average Bonchev–Trinajstić information content (AvgIpc) is 2.24. The molecule has 4 N–H and O–H groups in total. The van der Waals surface area contributed by atoms with Gasteiger partial charge in [0.05, 0.1) is 6.04 Å². The first-order valence-corrected chi connectivity index (χ1v) is 4.70. The number of hydrogen-bond acceptors (Lipinski definition) is 3. The minimum Gasteiger partial charge on any atom is -0.320 e. The number of hydrogen-bond donors (Lipinski definition) is 3. The van der Waals surface area contributed by atoms with E-state index < -0.39 is 23.6 Å². The molecule has 0 saturated carbocycles. The molecule has 88 valence electrons. The molecule has 0 radical (unpaired) electrons. The lowest BCUT2D eigenvalue weighted by Gasteiger charge is -2.11. The highest BCUT2D eigenvalue weighted by Crippen LogP contribution is 2.10. The number of carbonyl (C=O) groups excluding carboxylic acids is 1. The number of carbonyl (C=O) groups is 1. The van der Waals surface area contributed by atoms with Crippen molar-refractivity contribution in [3.63, 3.8) is 0 Å². The molecule has 0 saturated heterocycles. The SMILES string of the molecule is CNNC(=O)C(N)Cc1ccc(F)c(F)c1. The third-order valence-corrected chi connectivity index (χ3v) is 2.02. The van der Waals surface area contributed by atoms with E-state index in [2.05, 4.69) is 10.9 Å². The zero-order chi connectivity index (χ0) is 12.1. The van der Waals surface area contributed by atoms with Gasteiger partial charge in [0.25, 0.3) is 5.91 Å². The Hall–Kier alpha value is -1.53. The molecule has 0 bridgehead atoms. The predicted molar refractivity (Wildman–Crippen MR) is 55.2 cm³/mol. The fourth-order valence-electron chi connectivity index (χ4n) is 1.23. The van der Waals surface area contributed by atoms with Crippen molar-refractivity contribution in [2.75, 3.05) is 7.05 Å². The van der Waals surface area contributed by atoms with E-state index >= 15 is 0 Å². The van der Waals surface area contributed by atoms with Crippen LogP contribution in [-0.2, 0) is 11.2 Å². The van der Waals surface area contributed by atoms with Crippen molar-refractivity contribution < 1.29 is 13.6 Å². The van der Waals surface area contributed by atoms with E-state index in [1.165, 1.54) is 13.1 Å². The van der Waals surface area contributed by atoms with Crippen LogP contribution in [0.25, 0.3) is 0 Å². The van der Waals surface area contributed by atoms with Crippen molar-refractivity contribution >= 4 is 5.91 Å². The zero-order valence-electron chi connectivity index (χ0n) is 8.76. The smallest absolute Gasteiger partial charge is 0.251 e. The normalized spacial score (nSPS) is 12.2. The van der Waals surface area contributed by atoms with Crippen molar-refractivity contribution in [1.82, 2.24) is 10.9 Å². The van der Waals surface area contributed by atoms with E-state index in [1.54, 1.807) is 0 Å². The number of nitrogens with two attached hydrogens (primary N) is 1. The second-order valence-corrected chi connectivity index (χ2v) is 3.30. The van der Waals surface area contributed by atoms with Gasteiger partial charge in [-0.15, -0.1) is 0 Å². The van der Waals surface area contributed by atoms with Gasteiger partial charge in [-0.05, 0) is 24.1 Å². The molecule has 1 aromatic carbocycles. The van der Waals surface area contributed by atoms with Gasteiger partial charge in [0, 0.05) is 7.05 Å². The van der Waals surface area contributed by atoms with Crippen molar-refractivity contribution in [2.24, 2.45) is 5.73 Å². The third-order valence-electron chi connectivity index (χ3n) is 2.02. The van der Waals surface area contributed by atoms with Gasteiger partial charge in [-0.3, -0.25) is 10.2 Å². The fourth-order valence-corrected chi connectivity index (χ4v) is 1.23. The van der Waals surface area contributed by atoms with Gasteiger partial charge >= 0.3 is 0 Å². The van der Waals surface area contributed by atoms with Gasteiger partial charge in [-0.25, -0.2) is 14.2 Å². The zero-order valence-corrected chi connectivity index (χ0v) is 8.76. The van der Waals surface area contributed by atoms with Crippen molar-refractivity contribution in [3.05, 3.63) is 35.4 Å². The molecule has 1 unspecified atom stereocenters. The van der Waals surface area contributed by atoms with Crippen LogP contribution in [0.4, 0.5) is 8.78 Å². The maximum atomic E-state index is 12.9. The Morgan fingerprint density at radius 3 is 2.69 bits per heavy atom. The quantitative estimate of drug-likeness (QED) is 0.641. The van der Waals surface area contributed by atoms with Gasteiger partial charge in [-0.2, -0.15) is 0 Å². The third kappa shape index (κ3) is 3.25. The Balaban J connectivity index is 2.66. The lowest BCUT2D eigenvalue weighted by Crippen LogP contribution is -2.46. The van der Waals surface area contributed by atoms with Crippen LogP contribution in [-0.4, -0.2) is 19.0 Å². The minimum atomic E-state index is -0.946. The van der Waals surface area contributed by atoms with Crippen molar-refractivity contribution in [3.8, 4) is 0 Å². The van der Waals surface area contributed by atoms with Crippen LogP contribution < -0.4 is 16.6 Å². The Kier molecular flexibility index (Phi) is 4.33. The van der Waals surface area contributed by atoms with Crippen LogP contribution in [0.5, 0.6) is 0 Å². The summed E-state index contributed by atoms with van der Waals surface area (Å²) in [6, 6.07) is 2.62. The lowest BCUT2D eigenvalue weighted by molar-refractivity contribution is -0.123. The number of amides is 1. The first kappa shape index (κ1) is 12.5. The molecule has 0 spiro atoms. The summed E-state index contributed by atoms with van der Waals surface area (Å²) < 4.78 is 25.5. The summed E-state index contributed by atoms with van der Waals surface area (Å²) >= 11 is 0. The van der Waals surface area contributed by atoms with Crippen LogP contribution in [0.15, 0.2) is 18.2 Å². The first-order chi connectivity index (χ1) is 7.54. The summed E-state index contributed by atoms with van der Waals surface area (Å²) in [6.45, 7) is 0. The van der Waals surface area contributed by atoms with E-state index in [9.17, 15) is 13.6 Å². The van der Waals surface area contributed by atoms with E-state index in [0.29, 0.717) is 5.56 Å². The molecule has 0 aliphatic heterocycles. The minimum absolute atomic E-state index is 0.144. The Labute approximate surface area is 91.8 Å². The van der Waals surface area contributed by atoms with Gasteiger partial charge in [-0.1, -0.05) is 6.07 Å². The van der Waals surface area contributed by atoms with Gasteiger partial charge < -0.3 is 5.73 Å². The summed E-state index contributed by atoms with van der Waals surface area (Å²) in [5, 5.41) is 0. The molecule has 16 heavy (non-hydrogen) atoms. The number of rotatable bonds is 4. The summed E-state index contributed by atoms with van der Waals surface area (Å²) in [5.74, 6) is -2.28. The molecule has 0 heterocycles. The second kappa shape index (κ2) is 5.53. The number of nitrogens with one attached hydrogen (secondary N) is 2. The highest BCUT2D eigenvalue weighted by Gasteiger charge is 2.14. The van der Waals surface area contributed by atoms with E-state index in [1.807, 2.05) is 0 Å². The molecule has 1 atom stereocenters. The van der Waals surface area contributed by atoms with Crippen LogP contribution in [0.1, 0.15) is 5.56 Å². The molecular weight excluding hydrogens is 216 g/mol. The van der Waals surface area contributed by atoms with Gasteiger partial charge in [0.2, 0.25) is 0 Å². The number of hydrazine groups is 1. The van der Waals surface area contributed by atoms with Gasteiger partial charge in [0.1, 0.15) is 0 Å². The molecule has 0 aliphatic carbocycles. The molecule has 1 rings (SSSR count). The first-order valence-electron chi connectivity index (χ1n) is 4.70. The van der Waals surface area contributed by atoms with Gasteiger partial charge in [0.15, 0.2) is 11.6 Å². The van der Waals surface area contributed by atoms with Crippen LogP contribution in [0.3, 0.4) is 0 Å². The Bertz CT molecular complexity index is 384. The summed E-state index contributed by atoms with van der Waals surface area (Å²) in [7, 11) is 1.53. The lowest BCUT2D eigenvalue weighted by atomic mass is 10.1. The van der Waals surface area contributed by atoms with E-state index in [4.69, 9.17) is 5.73 Å². The van der Waals surface area contributed by atoms with E-state index in [-0.39, 0.29) is 6.42 Å². The second-order valence-electron chi connectivity index (χ2n) is 3.30. The molecule has 0 fully saturated rings. The van der Waals surface area contributed by atoms with Crippen LogP contribution in [0, 0.1) is 11.6 Å². The monoisotopic (exact) mass is 229 g/mol. The van der Waals surface area contributed by atoms with Crippen LogP contribution >= 0.6 is 0 Å².